The molecule has 0 fully saturated rings. The van der Waals surface area contributed by atoms with E-state index in [9.17, 15) is 9.18 Å². The Kier molecular flexibility index (Phi) is 2.91. The normalized spacial score (nSPS) is 9.33. The standard InChI is InChI=1S/C6H8FO2/c1-4(2)6(8)9-5(3)7/h1H2,2-3H3. The van der Waals surface area contributed by atoms with Gasteiger partial charge in [-0.15, -0.1) is 0 Å². The van der Waals surface area contributed by atoms with Crippen molar-refractivity contribution >= 4 is 5.97 Å². The quantitative estimate of drug-likeness (QED) is 0.420. The Morgan fingerprint density at radius 2 is 2.00 bits per heavy atom. The fourth-order valence-corrected chi connectivity index (χ4v) is 0.215. The maximum Gasteiger partial charge on any atom is 0.336 e. The van der Waals surface area contributed by atoms with Crippen LogP contribution in [0.1, 0.15) is 13.8 Å². The molecule has 1 radical (unpaired) electrons. The average molecular weight is 131 g/mol. The maximum absolute atomic E-state index is 11.7. The smallest absolute Gasteiger partial charge is 0.336 e. The Balaban J connectivity index is 3.65. The molecule has 0 bridgehead atoms. The number of hydrogen-bond donors (Lipinski definition) is 0. The summed E-state index contributed by atoms with van der Waals surface area (Å²) in [5.74, 6) is -0.727. The summed E-state index contributed by atoms with van der Waals surface area (Å²) < 4.78 is 15.8. The molecule has 0 unspecified atom stereocenters. The number of hydrogen-bond acceptors (Lipinski definition) is 2. The van der Waals surface area contributed by atoms with Crippen molar-refractivity contribution in [2.24, 2.45) is 0 Å². The zero-order valence-electron chi connectivity index (χ0n) is 5.40. The average Bonchev–Trinajstić information content (AvgIpc) is 1.63. The van der Waals surface area contributed by atoms with Crippen molar-refractivity contribution in [3.05, 3.63) is 18.5 Å². The monoisotopic (exact) mass is 131 g/mol. The van der Waals surface area contributed by atoms with Crippen LogP contribution in [-0.2, 0) is 9.53 Å². The molecule has 0 saturated carbocycles. The van der Waals surface area contributed by atoms with Crippen molar-refractivity contribution < 1.29 is 13.9 Å². The first-order valence-electron chi connectivity index (χ1n) is 2.40. The first kappa shape index (κ1) is 8.14. The van der Waals surface area contributed by atoms with E-state index in [0.29, 0.717) is 0 Å². The number of ether oxygens (including phenoxy) is 1. The van der Waals surface area contributed by atoms with Gasteiger partial charge in [-0.05, 0) is 6.92 Å². The van der Waals surface area contributed by atoms with Crippen molar-refractivity contribution in [2.45, 2.75) is 13.8 Å². The molecular weight excluding hydrogens is 123 g/mol. The number of halogens is 1. The van der Waals surface area contributed by atoms with Crippen LogP contribution in [0.4, 0.5) is 4.39 Å². The zero-order chi connectivity index (χ0) is 7.44. The van der Waals surface area contributed by atoms with Gasteiger partial charge in [-0.2, -0.15) is 4.39 Å². The number of rotatable bonds is 2. The van der Waals surface area contributed by atoms with Gasteiger partial charge < -0.3 is 4.74 Å². The van der Waals surface area contributed by atoms with Crippen molar-refractivity contribution in [1.82, 2.24) is 0 Å². The summed E-state index contributed by atoms with van der Waals surface area (Å²) in [5, 5.41) is 0. The molecule has 0 rings (SSSR count). The van der Waals surface area contributed by atoms with Crippen LogP contribution in [0, 0.1) is 6.36 Å². The van der Waals surface area contributed by atoms with E-state index >= 15 is 0 Å². The van der Waals surface area contributed by atoms with Crippen molar-refractivity contribution in [3.63, 3.8) is 0 Å². The summed E-state index contributed by atoms with van der Waals surface area (Å²) in [6.07, 6.45) is -0.858. The van der Waals surface area contributed by atoms with Gasteiger partial charge in [0.05, 0.1) is 0 Å². The van der Waals surface area contributed by atoms with E-state index in [0.717, 1.165) is 6.92 Å². The van der Waals surface area contributed by atoms with Crippen LogP contribution in [-0.4, -0.2) is 5.97 Å². The lowest BCUT2D eigenvalue weighted by Crippen LogP contribution is -2.04. The molecule has 0 amide bonds. The third-order valence-corrected chi connectivity index (χ3v) is 0.582. The van der Waals surface area contributed by atoms with Crippen molar-refractivity contribution in [2.75, 3.05) is 0 Å². The molecule has 9 heavy (non-hydrogen) atoms. The van der Waals surface area contributed by atoms with E-state index in [4.69, 9.17) is 0 Å². The maximum atomic E-state index is 11.7. The summed E-state index contributed by atoms with van der Waals surface area (Å²) in [7, 11) is 0. The molecule has 51 valence electrons. The predicted molar refractivity (Wildman–Crippen MR) is 30.9 cm³/mol. The molecule has 2 nitrogen and oxygen atoms in total. The fraction of sp³-hybridized carbons (Fsp3) is 0.333. The summed E-state index contributed by atoms with van der Waals surface area (Å²) in [6, 6.07) is 0. The minimum atomic E-state index is -0.858. The highest BCUT2D eigenvalue weighted by molar-refractivity contribution is 5.87. The second kappa shape index (κ2) is 3.22. The van der Waals surface area contributed by atoms with Crippen LogP contribution in [0.2, 0.25) is 0 Å². The van der Waals surface area contributed by atoms with Crippen LogP contribution in [0.5, 0.6) is 0 Å². The SMILES string of the molecule is C=C(C)C(=O)O[C](C)F. The lowest BCUT2D eigenvalue weighted by molar-refractivity contribution is -0.141. The molecule has 0 aliphatic heterocycles. The van der Waals surface area contributed by atoms with E-state index in [1.165, 1.54) is 6.92 Å². The molecule has 0 aromatic rings. The summed E-state index contributed by atoms with van der Waals surface area (Å²) in [5.41, 5.74) is 0.187. The van der Waals surface area contributed by atoms with E-state index in [1.54, 1.807) is 0 Å². The summed E-state index contributed by atoms with van der Waals surface area (Å²) >= 11 is 0. The van der Waals surface area contributed by atoms with E-state index in [2.05, 4.69) is 11.3 Å². The van der Waals surface area contributed by atoms with Crippen molar-refractivity contribution in [3.8, 4) is 0 Å². The fourth-order valence-electron chi connectivity index (χ4n) is 0.215. The van der Waals surface area contributed by atoms with E-state index < -0.39 is 12.3 Å². The van der Waals surface area contributed by atoms with E-state index in [1.807, 2.05) is 0 Å². The third-order valence-electron chi connectivity index (χ3n) is 0.582. The van der Waals surface area contributed by atoms with Gasteiger partial charge in [-0.25, -0.2) is 4.79 Å². The Morgan fingerprint density at radius 3 is 2.11 bits per heavy atom. The Bertz CT molecular complexity index is 129. The van der Waals surface area contributed by atoms with Gasteiger partial charge >= 0.3 is 12.3 Å². The van der Waals surface area contributed by atoms with Gasteiger partial charge in [0.25, 0.3) is 0 Å². The van der Waals surface area contributed by atoms with Gasteiger partial charge in [0.15, 0.2) is 0 Å². The van der Waals surface area contributed by atoms with Gasteiger partial charge in [-0.3, -0.25) is 0 Å². The highest BCUT2D eigenvalue weighted by Crippen LogP contribution is 2.04. The van der Waals surface area contributed by atoms with Crippen LogP contribution in [0.15, 0.2) is 12.2 Å². The predicted octanol–water partition coefficient (Wildman–Crippen LogP) is 1.58. The van der Waals surface area contributed by atoms with Gasteiger partial charge in [0.2, 0.25) is 0 Å². The molecule has 0 N–H and O–H groups in total. The first-order valence-corrected chi connectivity index (χ1v) is 2.40. The van der Waals surface area contributed by atoms with Crippen LogP contribution in [0.25, 0.3) is 0 Å². The number of carbonyl (C=O) groups excluding carboxylic acids is 1. The first-order chi connectivity index (χ1) is 4.04. The molecule has 0 aliphatic carbocycles. The molecule has 0 aromatic carbocycles. The molecule has 0 aromatic heterocycles. The van der Waals surface area contributed by atoms with Gasteiger partial charge in [0.1, 0.15) is 0 Å². The van der Waals surface area contributed by atoms with Crippen LogP contribution < -0.4 is 0 Å². The second-order valence-electron chi connectivity index (χ2n) is 1.64. The summed E-state index contributed by atoms with van der Waals surface area (Å²) in [6.45, 7) is 5.76. The lowest BCUT2D eigenvalue weighted by Gasteiger charge is -2.00. The topological polar surface area (TPSA) is 26.3 Å². The lowest BCUT2D eigenvalue weighted by atomic mass is 10.4. The summed E-state index contributed by atoms with van der Waals surface area (Å²) in [4.78, 5) is 10.4. The van der Waals surface area contributed by atoms with Crippen LogP contribution in [0.3, 0.4) is 0 Å². The third kappa shape index (κ3) is 3.70. The molecule has 0 spiro atoms. The molecular formula is C6H8FO2. The largest absolute Gasteiger partial charge is 0.418 e. The minimum absolute atomic E-state index is 0.187. The van der Waals surface area contributed by atoms with E-state index in [-0.39, 0.29) is 5.57 Å². The molecule has 0 atom stereocenters. The van der Waals surface area contributed by atoms with Crippen molar-refractivity contribution in [1.29, 1.82) is 0 Å². The zero-order valence-corrected chi connectivity index (χ0v) is 5.40. The second-order valence-corrected chi connectivity index (χ2v) is 1.64. The van der Waals surface area contributed by atoms with Crippen LogP contribution >= 0.6 is 0 Å². The highest BCUT2D eigenvalue weighted by atomic mass is 19.1. The highest BCUT2D eigenvalue weighted by Gasteiger charge is 2.08. The Hall–Kier alpha value is -0.860. The molecule has 3 heteroatoms. The minimum Gasteiger partial charge on any atom is -0.418 e. The van der Waals surface area contributed by atoms with Gasteiger partial charge in [0, 0.05) is 12.5 Å². The molecule has 0 saturated heterocycles. The Morgan fingerprint density at radius 1 is 1.56 bits per heavy atom. The Labute approximate surface area is 53.3 Å². The number of esters is 1. The van der Waals surface area contributed by atoms with Gasteiger partial charge in [-0.1, -0.05) is 6.58 Å². The molecule has 0 aliphatic rings. The number of carbonyl (C=O) groups is 1. The molecule has 0 heterocycles.